The van der Waals surface area contributed by atoms with Crippen LogP contribution in [0.25, 0.3) is 0 Å². The van der Waals surface area contributed by atoms with Crippen molar-refractivity contribution in [3.05, 3.63) is 59.7 Å². The van der Waals surface area contributed by atoms with Crippen molar-refractivity contribution in [1.29, 1.82) is 0 Å². The minimum Gasteiger partial charge on any atom is -0.484 e. The van der Waals surface area contributed by atoms with Gasteiger partial charge in [-0.2, -0.15) is 0 Å². The predicted octanol–water partition coefficient (Wildman–Crippen LogP) is 1.89. The van der Waals surface area contributed by atoms with E-state index in [0.717, 1.165) is 5.56 Å². The van der Waals surface area contributed by atoms with Crippen LogP contribution in [0.1, 0.15) is 17.2 Å². The van der Waals surface area contributed by atoms with Crippen LogP contribution in [0.2, 0.25) is 0 Å². The Morgan fingerprint density at radius 2 is 1.92 bits per heavy atom. The topological polar surface area (TPSA) is 96.5 Å². The maximum atomic E-state index is 12.0. The van der Waals surface area contributed by atoms with E-state index in [9.17, 15) is 14.4 Å². The molecule has 1 aliphatic heterocycles. The van der Waals surface area contributed by atoms with Gasteiger partial charge in [0.15, 0.2) is 6.61 Å². The van der Waals surface area contributed by atoms with Crippen LogP contribution in [-0.4, -0.2) is 24.5 Å². The van der Waals surface area contributed by atoms with Gasteiger partial charge in [0.2, 0.25) is 0 Å². The quantitative estimate of drug-likeness (QED) is 0.725. The normalized spacial score (nSPS) is 16.1. The highest BCUT2D eigenvalue weighted by molar-refractivity contribution is 6.04. The molecule has 1 atom stereocenters. The van der Waals surface area contributed by atoms with Crippen molar-refractivity contribution < 1.29 is 19.1 Å². The number of carbonyl (C=O) groups is 3. The maximum absolute atomic E-state index is 12.0. The van der Waals surface area contributed by atoms with Crippen molar-refractivity contribution in [1.82, 2.24) is 10.6 Å². The zero-order chi connectivity index (χ0) is 17.8. The van der Waals surface area contributed by atoms with E-state index in [1.807, 2.05) is 19.1 Å². The molecule has 4 amide bonds. The highest BCUT2D eigenvalue weighted by Gasteiger charge is 2.30. The summed E-state index contributed by atoms with van der Waals surface area (Å²) in [6.45, 7) is 1.84. The number of amides is 4. The van der Waals surface area contributed by atoms with Gasteiger partial charge < -0.3 is 15.4 Å². The van der Waals surface area contributed by atoms with Crippen molar-refractivity contribution in [2.24, 2.45) is 0 Å². The number of hydrogen-bond donors (Lipinski definition) is 3. The SMILES string of the molecule is Cc1ccc(OCC(=O)Nc2cccc(C3NC(=O)NC3=O)c2)cc1. The van der Waals surface area contributed by atoms with Gasteiger partial charge in [0, 0.05) is 5.69 Å². The van der Waals surface area contributed by atoms with Crippen LogP contribution in [0, 0.1) is 6.92 Å². The largest absolute Gasteiger partial charge is 0.484 e. The molecule has 3 rings (SSSR count). The van der Waals surface area contributed by atoms with Crippen LogP contribution in [0.4, 0.5) is 10.5 Å². The van der Waals surface area contributed by atoms with E-state index in [0.29, 0.717) is 17.0 Å². The Hall–Kier alpha value is -3.35. The van der Waals surface area contributed by atoms with Crippen LogP contribution in [0.15, 0.2) is 48.5 Å². The lowest BCUT2D eigenvalue weighted by Crippen LogP contribution is -2.22. The fourth-order valence-corrected chi connectivity index (χ4v) is 2.43. The van der Waals surface area contributed by atoms with E-state index >= 15 is 0 Å². The second-order valence-electron chi connectivity index (χ2n) is 5.67. The first-order valence-corrected chi connectivity index (χ1v) is 7.72. The summed E-state index contributed by atoms with van der Waals surface area (Å²) in [6.07, 6.45) is 0. The lowest BCUT2D eigenvalue weighted by atomic mass is 10.1. The Morgan fingerprint density at radius 1 is 1.16 bits per heavy atom. The average Bonchev–Trinajstić information content (AvgIpc) is 2.93. The minimum absolute atomic E-state index is 0.131. The zero-order valence-electron chi connectivity index (χ0n) is 13.5. The van der Waals surface area contributed by atoms with Gasteiger partial charge in [-0.05, 0) is 36.8 Å². The van der Waals surface area contributed by atoms with Crippen molar-refractivity contribution >= 4 is 23.5 Å². The van der Waals surface area contributed by atoms with Gasteiger partial charge in [-0.15, -0.1) is 0 Å². The number of nitrogens with one attached hydrogen (secondary N) is 3. The highest BCUT2D eigenvalue weighted by Crippen LogP contribution is 2.20. The molecular formula is C18H17N3O4. The second-order valence-corrected chi connectivity index (χ2v) is 5.67. The van der Waals surface area contributed by atoms with E-state index in [1.54, 1.807) is 36.4 Å². The first kappa shape index (κ1) is 16.5. The molecule has 0 bridgehead atoms. The third-order valence-electron chi connectivity index (χ3n) is 3.67. The smallest absolute Gasteiger partial charge is 0.322 e. The third-order valence-corrected chi connectivity index (χ3v) is 3.67. The van der Waals surface area contributed by atoms with Crippen LogP contribution >= 0.6 is 0 Å². The molecule has 7 heteroatoms. The summed E-state index contributed by atoms with van der Waals surface area (Å²) < 4.78 is 5.42. The Morgan fingerprint density at radius 3 is 2.60 bits per heavy atom. The number of anilines is 1. The number of ether oxygens (including phenoxy) is 1. The summed E-state index contributed by atoms with van der Waals surface area (Å²) in [5.74, 6) is -0.131. The molecule has 2 aromatic rings. The Balaban J connectivity index is 1.60. The summed E-state index contributed by atoms with van der Waals surface area (Å²) in [4.78, 5) is 34.9. The number of aryl methyl sites for hydroxylation is 1. The van der Waals surface area contributed by atoms with Gasteiger partial charge in [-0.3, -0.25) is 14.9 Å². The molecule has 2 aromatic carbocycles. The number of imide groups is 1. The molecule has 1 fully saturated rings. The second kappa shape index (κ2) is 7.04. The van der Waals surface area contributed by atoms with Crippen LogP contribution in [0.3, 0.4) is 0 Å². The summed E-state index contributed by atoms with van der Waals surface area (Å²) >= 11 is 0. The van der Waals surface area contributed by atoms with Crippen molar-refractivity contribution in [3.63, 3.8) is 0 Å². The molecular weight excluding hydrogens is 322 g/mol. The van der Waals surface area contributed by atoms with Crippen LogP contribution in [-0.2, 0) is 9.59 Å². The summed E-state index contributed by atoms with van der Waals surface area (Å²) in [6, 6.07) is 12.8. The monoisotopic (exact) mass is 339 g/mol. The lowest BCUT2D eigenvalue weighted by molar-refractivity contribution is -0.120. The molecule has 0 spiro atoms. The number of rotatable bonds is 5. The molecule has 25 heavy (non-hydrogen) atoms. The van der Waals surface area contributed by atoms with E-state index in [1.165, 1.54) is 0 Å². The Bertz CT molecular complexity index is 817. The first-order valence-electron chi connectivity index (χ1n) is 7.72. The lowest BCUT2D eigenvalue weighted by Gasteiger charge is -2.11. The van der Waals surface area contributed by atoms with Gasteiger partial charge >= 0.3 is 6.03 Å². The minimum atomic E-state index is -0.756. The molecule has 128 valence electrons. The fraction of sp³-hybridized carbons (Fsp3) is 0.167. The highest BCUT2D eigenvalue weighted by atomic mass is 16.5. The summed E-state index contributed by atoms with van der Waals surface area (Å²) in [5, 5.41) is 7.39. The van der Waals surface area contributed by atoms with E-state index in [2.05, 4.69) is 16.0 Å². The van der Waals surface area contributed by atoms with Gasteiger partial charge in [-0.25, -0.2) is 4.79 Å². The zero-order valence-corrected chi connectivity index (χ0v) is 13.5. The van der Waals surface area contributed by atoms with E-state index in [-0.39, 0.29) is 12.5 Å². The Labute approximate surface area is 144 Å². The average molecular weight is 339 g/mol. The standard InChI is InChI=1S/C18H17N3O4/c1-11-5-7-14(8-6-11)25-10-15(22)19-13-4-2-3-12(9-13)16-17(23)21-18(24)20-16/h2-9,16H,10H2,1H3,(H,19,22)(H2,20,21,23,24). The van der Waals surface area contributed by atoms with Gasteiger partial charge in [0.1, 0.15) is 11.8 Å². The summed E-state index contributed by atoms with van der Waals surface area (Å²) in [5.41, 5.74) is 2.21. The number of carbonyl (C=O) groups excluding carboxylic acids is 3. The Kier molecular flexibility index (Phi) is 4.65. The maximum Gasteiger partial charge on any atom is 0.322 e. The van der Waals surface area contributed by atoms with Crippen molar-refractivity contribution in [2.75, 3.05) is 11.9 Å². The van der Waals surface area contributed by atoms with Crippen molar-refractivity contribution in [2.45, 2.75) is 13.0 Å². The molecule has 0 aliphatic carbocycles. The van der Waals surface area contributed by atoms with E-state index < -0.39 is 18.0 Å². The molecule has 0 saturated carbocycles. The molecule has 1 unspecified atom stereocenters. The fourth-order valence-electron chi connectivity index (χ4n) is 2.43. The molecule has 3 N–H and O–H groups in total. The predicted molar refractivity (Wildman–Crippen MR) is 91.2 cm³/mol. The molecule has 1 aliphatic rings. The van der Waals surface area contributed by atoms with Crippen LogP contribution < -0.4 is 20.7 Å². The van der Waals surface area contributed by atoms with Gasteiger partial charge in [0.05, 0.1) is 0 Å². The van der Waals surface area contributed by atoms with Gasteiger partial charge in [-0.1, -0.05) is 29.8 Å². The van der Waals surface area contributed by atoms with Crippen LogP contribution in [0.5, 0.6) is 5.75 Å². The first-order chi connectivity index (χ1) is 12.0. The number of urea groups is 1. The van der Waals surface area contributed by atoms with E-state index in [4.69, 9.17) is 4.74 Å². The molecule has 1 heterocycles. The number of benzene rings is 2. The number of hydrogen-bond acceptors (Lipinski definition) is 4. The summed E-state index contributed by atoms with van der Waals surface area (Å²) in [7, 11) is 0. The van der Waals surface area contributed by atoms with Gasteiger partial charge in [0.25, 0.3) is 11.8 Å². The molecule has 7 nitrogen and oxygen atoms in total. The molecule has 1 saturated heterocycles. The third kappa shape index (κ3) is 4.14. The molecule has 0 aromatic heterocycles. The molecule has 0 radical (unpaired) electrons. The van der Waals surface area contributed by atoms with Crippen molar-refractivity contribution in [3.8, 4) is 5.75 Å².